The molecule has 458 valence electrons. The number of esters is 1. The number of imide groups is 1. The molecule has 23 heteroatoms. The molecule has 6 N–H and O–H groups in total. The fourth-order valence-electron chi connectivity index (χ4n) is 11.2. The third-order valence-electron chi connectivity index (χ3n) is 16.2. The third-order valence-corrected chi connectivity index (χ3v) is 16.9. The highest BCUT2D eigenvalue weighted by Gasteiger charge is 2.64. The Balaban J connectivity index is 1.18. The first kappa shape index (κ1) is 66.4. The van der Waals surface area contributed by atoms with Crippen molar-refractivity contribution in [1.82, 2.24) is 15.5 Å². The Hall–Kier alpha value is -6.72. The van der Waals surface area contributed by atoms with Crippen molar-refractivity contribution < 1.29 is 71.9 Å². The van der Waals surface area contributed by atoms with Gasteiger partial charge in [-0.2, -0.15) is 0 Å². The maximum atomic E-state index is 14.5. The molecule has 7 amide bonds. The van der Waals surface area contributed by atoms with E-state index in [1.165, 1.54) is 43.3 Å². The van der Waals surface area contributed by atoms with E-state index in [4.69, 9.17) is 58.0 Å². The zero-order valence-electron chi connectivity index (χ0n) is 49.5. The summed E-state index contributed by atoms with van der Waals surface area (Å²) in [6, 6.07) is 6.38. The molecule has 4 aliphatic heterocycles. The molecule has 10 atom stereocenters. The fraction of sp³-hybridized carbons (Fsp3) is 0.557. The van der Waals surface area contributed by atoms with Crippen LogP contribution in [-0.4, -0.2) is 146 Å². The molecule has 3 saturated heterocycles. The van der Waals surface area contributed by atoms with Crippen molar-refractivity contribution in [1.29, 1.82) is 0 Å². The molecular weight excluding hydrogens is 1120 g/mol. The lowest BCUT2D eigenvalue weighted by Gasteiger charge is -2.41. The van der Waals surface area contributed by atoms with E-state index in [2.05, 4.69) is 22.5 Å². The van der Waals surface area contributed by atoms with E-state index in [0.29, 0.717) is 59.7 Å². The van der Waals surface area contributed by atoms with Crippen molar-refractivity contribution in [3.63, 3.8) is 0 Å². The summed E-state index contributed by atoms with van der Waals surface area (Å²) < 4.78 is 35.4. The highest BCUT2D eigenvalue weighted by atomic mass is 35.5. The number of fused-ring (bicyclic) bond motifs is 5. The molecule has 4 aliphatic rings. The lowest BCUT2D eigenvalue weighted by molar-refractivity contribution is -0.187. The van der Waals surface area contributed by atoms with Crippen LogP contribution in [0.1, 0.15) is 116 Å². The molecule has 0 saturated carbocycles. The summed E-state index contributed by atoms with van der Waals surface area (Å²) >= 11 is 12.6. The number of Topliss-reactive ketones (excluding diaryl/α,β-unsaturated/α-hetero) is 1. The van der Waals surface area contributed by atoms with Crippen LogP contribution < -0.4 is 36.1 Å². The first-order valence-corrected chi connectivity index (χ1v) is 29.1. The first-order chi connectivity index (χ1) is 39.7. The Morgan fingerprint density at radius 2 is 1.73 bits per heavy atom. The van der Waals surface area contributed by atoms with E-state index in [-0.39, 0.29) is 91.5 Å². The zero-order chi connectivity index (χ0) is 61.8. The number of thiocarbonyl (C=S) groups is 1. The number of nitrogens with zero attached hydrogens (tertiary/aromatic N) is 2. The van der Waals surface area contributed by atoms with E-state index >= 15 is 0 Å². The van der Waals surface area contributed by atoms with Gasteiger partial charge in [0.2, 0.25) is 23.6 Å². The molecule has 3 fully saturated rings. The Labute approximate surface area is 501 Å². The van der Waals surface area contributed by atoms with Crippen molar-refractivity contribution in [3.8, 4) is 11.5 Å². The average Bonchev–Trinajstić information content (AvgIpc) is 3.75. The van der Waals surface area contributed by atoms with E-state index in [0.717, 1.165) is 17.6 Å². The Morgan fingerprint density at radius 1 is 1.00 bits per heavy atom. The highest BCUT2D eigenvalue weighted by molar-refractivity contribution is 7.80. The summed E-state index contributed by atoms with van der Waals surface area (Å²) in [6.07, 6.45) is 3.52. The van der Waals surface area contributed by atoms with Gasteiger partial charge in [-0.3, -0.25) is 39.0 Å². The molecule has 6 rings (SSSR count). The average molecular weight is 1210 g/mol. The second kappa shape index (κ2) is 29.4. The Bertz CT molecular complexity index is 2920. The molecule has 0 radical (unpaired) electrons. The quantitative estimate of drug-likeness (QED) is 0.0179. The molecule has 21 nitrogen and oxygen atoms in total. The van der Waals surface area contributed by atoms with Gasteiger partial charge in [0.05, 0.1) is 50.8 Å². The molecule has 2 aromatic carbocycles. The highest BCUT2D eigenvalue weighted by Crippen LogP contribution is 2.50. The topological polar surface area (TPSA) is 284 Å². The maximum absolute atomic E-state index is 14.5. The molecule has 4 heterocycles. The molecule has 2 aromatic rings. The number of amides is 7. The number of likely N-dealkylation sites (tertiary alicyclic amines) is 1. The number of epoxide rings is 1. The number of aliphatic hydroxyl groups is 1. The fourth-order valence-corrected chi connectivity index (χ4v) is 11.8. The number of ether oxygens (including phenoxy) is 6. The number of allylic oxidation sites excluding steroid dienone is 3. The number of benzene rings is 2. The van der Waals surface area contributed by atoms with E-state index < -0.39 is 89.8 Å². The van der Waals surface area contributed by atoms with Crippen molar-refractivity contribution in [2.24, 2.45) is 23.5 Å². The Morgan fingerprint density at radius 3 is 2.38 bits per heavy atom. The minimum absolute atomic E-state index is 0.00370. The largest absolute Gasteiger partial charge is 0.496 e. The van der Waals surface area contributed by atoms with Gasteiger partial charge in [0.1, 0.15) is 46.0 Å². The summed E-state index contributed by atoms with van der Waals surface area (Å²) in [6.45, 7) is 13.4. The van der Waals surface area contributed by atoms with Crippen LogP contribution >= 0.6 is 23.8 Å². The molecule has 1 unspecified atom stereocenters. The summed E-state index contributed by atoms with van der Waals surface area (Å²) in [4.78, 5) is 109. The third kappa shape index (κ3) is 17.0. The number of nitrogens with one attached hydrogen (secondary N) is 3. The zero-order valence-corrected chi connectivity index (χ0v) is 51.0. The second-order valence-electron chi connectivity index (χ2n) is 22.7. The molecule has 4 bridgehead atoms. The number of primary amides is 1. The van der Waals surface area contributed by atoms with Crippen LogP contribution in [0.3, 0.4) is 0 Å². The van der Waals surface area contributed by atoms with Crippen LogP contribution in [0, 0.1) is 17.8 Å². The number of hydrogen-bond acceptors (Lipinski definition) is 16. The predicted octanol–water partition coefficient (Wildman–Crippen LogP) is 7.58. The van der Waals surface area contributed by atoms with Gasteiger partial charge >= 0.3 is 18.1 Å². The van der Waals surface area contributed by atoms with E-state index in [9.17, 15) is 43.5 Å². The number of halogens is 1. The number of carbonyl (C=O) groups is 8. The van der Waals surface area contributed by atoms with Gasteiger partial charge in [-0.05, 0) is 94.3 Å². The van der Waals surface area contributed by atoms with Crippen LogP contribution in [0.2, 0.25) is 5.02 Å². The lowest BCUT2D eigenvalue weighted by atomic mass is 9.78. The first-order valence-electron chi connectivity index (χ1n) is 28.3. The van der Waals surface area contributed by atoms with Gasteiger partial charge in [0, 0.05) is 75.7 Å². The van der Waals surface area contributed by atoms with Gasteiger partial charge in [-0.15, -0.1) is 0 Å². The van der Waals surface area contributed by atoms with Crippen LogP contribution in [0.25, 0.3) is 0 Å². The van der Waals surface area contributed by atoms with Gasteiger partial charge in [0.25, 0.3) is 0 Å². The number of anilines is 2. The number of nitrogens with two attached hydrogens (primary N) is 1. The lowest BCUT2D eigenvalue weighted by Crippen LogP contribution is -2.53. The normalized spacial score (nSPS) is 26.1. The summed E-state index contributed by atoms with van der Waals surface area (Å²) in [5, 5.41) is 20.3. The van der Waals surface area contributed by atoms with E-state index in [1.807, 2.05) is 13.0 Å². The summed E-state index contributed by atoms with van der Waals surface area (Å²) in [7, 11) is 5.86. The molecule has 0 aliphatic carbocycles. The SMILES string of the molecule is C=C(C)[C@H](CC(=S)CCCCCN1C(=O)CC(C)C1=O)C(=O)N[C@@H](CCCNC(N)=O)C(=O)Cc1ccc(NC(=O)O[C@H]2CC(=O)N(C)c3cc(cc(OC)c3Cl)C/C(C)=C/C=C/[C@@H](OC)[C@]3(O)CC(=O)O[C@@H](C3)[C@@H](C)[C@@H]3O[C@@]23C)cc1OC. The molecule has 84 heavy (non-hydrogen) atoms. The van der Waals surface area contributed by atoms with Gasteiger partial charge in [-0.1, -0.05) is 86.1 Å². The standard InChI is InChI=1S/C61H81ClN6O15S/c1-34(2)42(30-41(84)17-12-11-13-23-68-52(71)25-36(4)57(68)74)56(73)66-43(18-15-22-64-58(63)75)45(69)28-39-20-21-40(29-46(39)78-8)65-59(76)82-50-31-51(70)67(7)44-26-38(27-47(79-9)54(44)62)24-35(3)16-14-19-49(80-10)61(77)32-48(81-53(72)33-61)37(5)55-60(50,6)83-55/h14,16,19-21,26-27,29,36-37,42-43,48-50,55,77H,1,11-13,15,17-18,22-25,28,30-33H2,2-10H3,(H,65,76)(H,66,73)(H3,63,64,75)/b19-14+,35-16+/t36?,37-,42+,43+,48+,49-,50+,55+,60+,61-/m1/s1. The van der Waals surface area contributed by atoms with Gasteiger partial charge in [-0.25, -0.2) is 9.59 Å². The van der Waals surface area contributed by atoms with Gasteiger partial charge < -0.3 is 54.8 Å². The smallest absolute Gasteiger partial charge is 0.412 e. The monoisotopic (exact) mass is 1200 g/mol. The van der Waals surface area contributed by atoms with Crippen molar-refractivity contribution in [2.45, 2.75) is 160 Å². The second-order valence-corrected chi connectivity index (χ2v) is 23.7. The minimum atomic E-state index is -1.65. The van der Waals surface area contributed by atoms with E-state index in [1.54, 1.807) is 65.1 Å². The number of hydrogen-bond donors (Lipinski definition) is 5. The van der Waals surface area contributed by atoms with Crippen molar-refractivity contribution >= 4 is 87.6 Å². The predicted molar refractivity (Wildman–Crippen MR) is 319 cm³/mol. The summed E-state index contributed by atoms with van der Waals surface area (Å²) in [5.41, 5.74) is 5.50. The number of ketones is 1. The number of methoxy groups -OCH3 is 3. The van der Waals surface area contributed by atoms with Crippen LogP contribution in [-0.2, 0) is 60.6 Å². The van der Waals surface area contributed by atoms with Crippen molar-refractivity contribution in [3.05, 3.63) is 82.4 Å². The number of carbonyl (C=O) groups excluding carboxylic acids is 8. The minimum Gasteiger partial charge on any atom is -0.496 e. The van der Waals surface area contributed by atoms with Crippen molar-refractivity contribution in [2.75, 3.05) is 51.7 Å². The molecule has 0 spiro atoms. The van der Waals surface area contributed by atoms with Crippen LogP contribution in [0.15, 0.2) is 66.3 Å². The number of urea groups is 1. The number of unbranched alkanes of at least 4 members (excludes halogenated alkanes) is 2. The van der Waals surface area contributed by atoms with Crippen LogP contribution in [0.5, 0.6) is 11.5 Å². The molecule has 0 aromatic heterocycles. The maximum Gasteiger partial charge on any atom is 0.412 e. The van der Waals surface area contributed by atoms with Gasteiger partial charge in [0.15, 0.2) is 5.78 Å². The van der Waals surface area contributed by atoms with Crippen LogP contribution in [0.4, 0.5) is 21.0 Å². The number of rotatable bonds is 23. The molecular formula is C61H81ClN6O15S. The Kier molecular flexibility index (Phi) is 23.2. The summed E-state index contributed by atoms with van der Waals surface area (Å²) in [5.74, 6) is -3.36.